The van der Waals surface area contributed by atoms with Gasteiger partial charge in [0.2, 0.25) is 0 Å². The van der Waals surface area contributed by atoms with Crippen LogP contribution in [0.5, 0.6) is 0 Å². The highest BCUT2D eigenvalue weighted by Crippen LogP contribution is 2.29. The van der Waals surface area contributed by atoms with Crippen LogP contribution in [0, 0.1) is 0 Å². The zero-order chi connectivity index (χ0) is 13.2. The van der Waals surface area contributed by atoms with Crippen molar-refractivity contribution in [1.29, 1.82) is 0 Å². The molecule has 1 N–H and O–H groups in total. The van der Waals surface area contributed by atoms with Crippen LogP contribution >= 0.6 is 11.8 Å². The fourth-order valence-corrected chi connectivity index (χ4v) is 2.36. The van der Waals surface area contributed by atoms with Crippen LogP contribution in [-0.2, 0) is 0 Å². The number of aromatic carboxylic acids is 1. The number of fused-ring (bicyclic) bond motifs is 1. The highest BCUT2D eigenvalue weighted by molar-refractivity contribution is 7.99. The van der Waals surface area contributed by atoms with Crippen molar-refractivity contribution in [3.63, 3.8) is 0 Å². The highest BCUT2D eigenvalue weighted by atomic mass is 32.2. The molecule has 94 valence electrons. The normalized spacial score (nSPS) is 10.7. The van der Waals surface area contributed by atoms with E-state index in [-0.39, 0.29) is 5.69 Å². The molecule has 0 aliphatic rings. The van der Waals surface area contributed by atoms with Crippen LogP contribution in [0.2, 0.25) is 0 Å². The minimum absolute atomic E-state index is 0.00103. The van der Waals surface area contributed by atoms with Gasteiger partial charge in [0.25, 0.3) is 5.22 Å². The van der Waals surface area contributed by atoms with Crippen molar-refractivity contribution in [1.82, 2.24) is 9.97 Å². The van der Waals surface area contributed by atoms with E-state index in [1.165, 1.54) is 24.0 Å². The van der Waals surface area contributed by atoms with Crippen LogP contribution < -0.4 is 0 Å². The molecule has 0 unspecified atom stereocenters. The van der Waals surface area contributed by atoms with Gasteiger partial charge >= 0.3 is 5.97 Å². The molecule has 2 aromatic heterocycles. The summed E-state index contributed by atoms with van der Waals surface area (Å²) in [5.74, 6) is -1.06. The van der Waals surface area contributed by atoms with Crippen molar-refractivity contribution in [2.45, 2.75) is 10.1 Å². The van der Waals surface area contributed by atoms with E-state index >= 15 is 0 Å². The van der Waals surface area contributed by atoms with Crippen molar-refractivity contribution in [2.24, 2.45) is 0 Å². The van der Waals surface area contributed by atoms with E-state index < -0.39 is 5.97 Å². The molecule has 0 amide bonds. The molecule has 3 rings (SSSR count). The lowest BCUT2D eigenvalue weighted by Crippen LogP contribution is -1.99. The summed E-state index contributed by atoms with van der Waals surface area (Å²) in [4.78, 5) is 19.6. The van der Waals surface area contributed by atoms with Crippen molar-refractivity contribution < 1.29 is 14.3 Å². The number of rotatable bonds is 3. The lowest BCUT2D eigenvalue weighted by Gasteiger charge is -1.97. The van der Waals surface area contributed by atoms with Gasteiger partial charge in [0.1, 0.15) is 11.2 Å². The molecule has 0 radical (unpaired) electrons. The standard InChI is InChI=1S/C13H8N2O3S/c16-12(17)10-7-8(5-6-14-10)19-13-15-9-3-1-2-4-11(9)18-13/h1-7H,(H,16,17). The van der Waals surface area contributed by atoms with Gasteiger partial charge in [0, 0.05) is 11.1 Å². The number of hydrogen-bond acceptors (Lipinski definition) is 5. The molecule has 0 saturated heterocycles. The average molecular weight is 272 g/mol. The summed E-state index contributed by atoms with van der Waals surface area (Å²) in [5, 5.41) is 9.35. The van der Waals surface area contributed by atoms with E-state index in [0.29, 0.717) is 10.8 Å². The lowest BCUT2D eigenvalue weighted by atomic mass is 10.3. The number of carboxylic acids is 1. The molecule has 6 heteroatoms. The fourth-order valence-electron chi connectivity index (χ4n) is 1.59. The Hall–Kier alpha value is -2.34. The number of pyridine rings is 1. The molecule has 1 aromatic carbocycles. The van der Waals surface area contributed by atoms with Crippen molar-refractivity contribution >= 4 is 28.8 Å². The van der Waals surface area contributed by atoms with E-state index in [1.807, 2.05) is 24.3 Å². The van der Waals surface area contributed by atoms with Gasteiger partial charge < -0.3 is 9.52 Å². The maximum absolute atomic E-state index is 10.8. The Morgan fingerprint density at radius 2 is 2.11 bits per heavy atom. The molecule has 0 fully saturated rings. The van der Waals surface area contributed by atoms with Crippen LogP contribution in [0.15, 0.2) is 57.1 Å². The van der Waals surface area contributed by atoms with Gasteiger partial charge in [-0.05, 0) is 36.0 Å². The predicted octanol–water partition coefficient (Wildman–Crippen LogP) is 3.07. The second-order valence-electron chi connectivity index (χ2n) is 3.73. The van der Waals surface area contributed by atoms with Gasteiger partial charge in [0.15, 0.2) is 5.58 Å². The van der Waals surface area contributed by atoms with Crippen LogP contribution in [-0.4, -0.2) is 21.0 Å². The van der Waals surface area contributed by atoms with Gasteiger partial charge in [-0.2, -0.15) is 0 Å². The first-order valence-electron chi connectivity index (χ1n) is 5.45. The topological polar surface area (TPSA) is 76.2 Å². The summed E-state index contributed by atoms with van der Waals surface area (Å²) in [7, 11) is 0. The zero-order valence-corrected chi connectivity index (χ0v) is 10.4. The van der Waals surface area contributed by atoms with Crippen LogP contribution in [0.1, 0.15) is 10.5 Å². The molecule has 19 heavy (non-hydrogen) atoms. The minimum Gasteiger partial charge on any atom is -0.477 e. The SMILES string of the molecule is O=C(O)c1cc(Sc2nc3ccccc3o2)ccn1. The molecule has 0 bridgehead atoms. The van der Waals surface area contributed by atoms with E-state index in [0.717, 1.165) is 10.4 Å². The molecule has 0 aliphatic heterocycles. The number of carbonyl (C=O) groups is 1. The molecule has 0 saturated carbocycles. The number of nitrogens with zero attached hydrogens (tertiary/aromatic N) is 2. The summed E-state index contributed by atoms with van der Waals surface area (Å²) in [5.41, 5.74) is 1.48. The summed E-state index contributed by atoms with van der Waals surface area (Å²) in [6.07, 6.45) is 1.45. The third-order valence-corrected chi connectivity index (χ3v) is 3.27. The highest BCUT2D eigenvalue weighted by Gasteiger charge is 2.10. The lowest BCUT2D eigenvalue weighted by molar-refractivity contribution is 0.0690. The first-order valence-corrected chi connectivity index (χ1v) is 6.27. The Bertz CT molecular complexity index is 721. The van der Waals surface area contributed by atoms with Crippen molar-refractivity contribution in [3.8, 4) is 0 Å². The number of benzene rings is 1. The molecular weight excluding hydrogens is 264 g/mol. The molecule has 5 nitrogen and oxygen atoms in total. The molecular formula is C13H8N2O3S. The Kier molecular flexibility index (Phi) is 2.92. The molecule has 2 heterocycles. The number of carboxylic acid groups (broad SMARTS) is 1. The van der Waals surface area contributed by atoms with Crippen molar-refractivity contribution in [3.05, 3.63) is 48.3 Å². The van der Waals surface area contributed by atoms with Gasteiger partial charge in [0.05, 0.1) is 0 Å². The first-order chi connectivity index (χ1) is 9.22. The zero-order valence-electron chi connectivity index (χ0n) is 9.61. The Labute approximate surface area is 112 Å². The van der Waals surface area contributed by atoms with Crippen LogP contribution in [0.3, 0.4) is 0 Å². The maximum atomic E-state index is 10.8. The largest absolute Gasteiger partial charge is 0.477 e. The summed E-state index contributed by atoms with van der Waals surface area (Å²) in [6, 6.07) is 10.7. The number of oxazole rings is 1. The van der Waals surface area contributed by atoms with E-state index in [4.69, 9.17) is 9.52 Å². The summed E-state index contributed by atoms with van der Waals surface area (Å²) in [6.45, 7) is 0. The number of hydrogen-bond donors (Lipinski definition) is 1. The van der Waals surface area contributed by atoms with Crippen LogP contribution in [0.4, 0.5) is 0 Å². The third-order valence-electron chi connectivity index (χ3n) is 2.43. The van der Waals surface area contributed by atoms with E-state index in [1.54, 1.807) is 6.07 Å². The summed E-state index contributed by atoms with van der Waals surface area (Å²) < 4.78 is 5.56. The minimum atomic E-state index is -1.06. The Balaban J connectivity index is 1.92. The predicted molar refractivity (Wildman–Crippen MR) is 69.3 cm³/mol. The van der Waals surface area contributed by atoms with Gasteiger partial charge in [-0.1, -0.05) is 12.1 Å². The monoisotopic (exact) mass is 272 g/mol. The number of para-hydroxylation sites is 2. The second kappa shape index (κ2) is 4.74. The molecule has 0 aliphatic carbocycles. The quantitative estimate of drug-likeness (QED) is 0.789. The Morgan fingerprint density at radius 3 is 2.89 bits per heavy atom. The molecule has 0 spiro atoms. The van der Waals surface area contributed by atoms with E-state index in [9.17, 15) is 4.79 Å². The van der Waals surface area contributed by atoms with Crippen molar-refractivity contribution in [2.75, 3.05) is 0 Å². The average Bonchev–Trinajstić information content (AvgIpc) is 2.81. The van der Waals surface area contributed by atoms with Gasteiger partial charge in [-0.25, -0.2) is 14.8 Å². The maximum Gasteiger partial charge on any atom is 0.354 e. The first kappa shape index (κ1) is 11.7. The van der Waals surface area contributed by atoms with Gasteiger partial charge in [-0.3, -0.25) is 0 Å². The van der Waals surface area contributed by atoms with E-state index in [2.05, 4.69) is 9.97 Å². The number of aromatic nitrogens is 2. The Morgan fingerprint density at radius 1 is 1.26 bits per heavy atom. The smallest absolute Gasteiger partial charge is 0.354 e. The molecule has 3 aromatic rings. The fraction of sp³-hybridized carbons (Fsp3) is 0. The van der Waals surface area contributed by atoms with Gasteiger partial charge in [-0.15, -0.1) is 0 Å². The third kappa shape index (κ3) is 2.43. The summed E-state index contributed by atoms with van der Waals surface area (Å²) >= 11 is 1.26. The molecule has 0 atom stereocenters. The van der Waals surface area contributed by atoms with Crippen LogP contribution in [0.25, 0.3) is 11.1 Å². The second-order valence-corrected chi connectivity index (χ2v) is 4.76.